The lowest BCUT2D eigenvalue weighted by atomic mass is 10.1. The normalized spacial score (nSPS) is 15.3. The molecule has 0 spiro atoms. The molecule has 2 aromatic heterocycles. The average molecular weight is 595 g/mol. The summed E-state index contributed by atoms with van der Waals surface area (Å²) in [5.74, 6) is 1.04. The van der Waals surface area contributed by atoms with Gasteiger partial charge < -0.3 is 19.1 Å². The standard InChI is InChI=1S/C33H34N6O3S/c1-22-9-14-28-27(17-22)31-32(39(28)20-25-7-5-4-6-8-25)34-33(36-35-31)43-21-30(41)37-15-16-38(23(2)19-37)29(40)18-24-10-12-26(42-3)13-11-24/h4-14,17,23H,15-16,18-21H2,1-3H3. The van der Waals surface area contributed by atoms with Crippen LogP contribution in [-0.2, 0) is 22.6 Å². The maximum Gasteiger partial charge on any atom is 0.233 e. The Morgan fingerprint density at radius 2 is 1.74 bits per heavy atom. The molecule has 6 rings (SSSR count). The Hall–Kier alpha value is -4.44. The minimum atomic E-state index is -0.0696. The molecular formula is C33H34N6O3S. The second-order valence-corrected chi connectivity index (χ2v) is 11.9. The number of thioether (sulfide) groups is 1. The summed E-state index contributed by atoms with van der Waals surface area (Å²) in [6.07, 6.45) is 0.325. The van der Waals surface area contributed by atoms with Crippen molar-refractivity contribution in [3.8, 4) is 5.75 Å². The van der Waals surface area contributed by atoms with Crippen molar-refractivity contribution in [3.63, 3.8) is 0 Å². The average Bonchev–Trinajstić information content (AvgIpc) is 3.32. The van der Waals surface area contributed by atoms with Crippen molar-refractivity contribution in [1.82, 2.24) is 29.5 Å². The molecular weight excluding hydrogens is 560 g/mol. The number of piperazine rings is 1. The van der Waals surface area contributed by atoms with Gasteiger partial charge in [-0.1, -0.05) is 65.9 Å². The first kappa shape index (κ1) is 28.7. The number of aromatic nitrogens is 4. The quantitative estimate of drug-likeness (QED) is 0.240. The monoisotopic (exact) mass is 594 g/mol. The van der Waals surface area contributed by atoms with Gasteiger partial charge in [0.15, 0.2) is 5.65 Å². The Morgan fingerprint density at radius 1 is 0.953 bits per heavy atom. The molecule has 0 radical (unpaired) electrons. The van der Waals surface area contributed by atoms with Gasteiger partial charge in [0, 0.05) is 37.6 Å². The predicted molar refractivity (Wildman–Crippen MR) is 168 cm³/mol. The number of rotatable bonds is 8. The molecule has 1 fully saturated rings. The van der Waals surface area contributed by atoms with Gasteiger partial charge in [0.1, 0.15) is 11.3 Å². The third-order valence-electron chi connectivity index (χ3n) is 7.93. The molecule has 3 aromatic carbocycles. The van der Waals surface area contributed by atoms with Crippen LogP contribution in [0.1, 0.15) is 23.6 Å². The number of aryl methyl sites for hydroxylation is 1. The van der Waals surface area contributed by atoms with Crippen molar-refractivity contribution in [1.29, 1.82) is 0 Å². The zero-order valence-electron chi connectivity index (χ0n) is 24.6. The van der Waals surface area contributed by atoms with E-state index in [0.717, 1.165) is 38.9 Å². The highest BCUT2D eigenvalue weighted by molar-refractivity contribution is 7.99. The zero-order chi connectivity index (χ0) is 29.9. The van der Waals surface area contributed by atoms with Crippen LogP contribution in [-0.4, -0.2) is 79.9 Å². The highest BCUT2D eigenvalue weighted by atomic mass is 32.2. The van der Waals surface area contributed by atoms with Crippen LogP contribution in [0.15, 0.2) is 78.0 Å². The van der Waals surface area contributed by atoms with Gasteiger partial charge >= 0.3 is 0 Å². The van der Waals surface area contributed by atoms with Crippen LogP contribution in [0.3, 0.4) is 0 Å². The first-order valence-electron chi connectivity index (χ1n) is 14.4. The van der Waals surface area contributed by atoms with Gasteiger partial charge in [-0.2, -0.15) is 0 Å². The van der Waals surface area contributed by atoms with E-state index in [0.29, 0.717) is 37.8 Å². The minimum Gasteiger partial charge on any atom is -0.497 e. The lowest BCUT2D eigenvalue weighted by Gasteiger charge is -2.40. The van der Waals surface area contributed by atoms with Crippen LogP contribution in [0.2, 0.25) is 0 Å². The molecule has 9 nitrogen and oxygen atoms in total. The molecule has 220 valence electrons. The molecule has 0 N–H and O–H groups in total. The molecule has 0 aliphatic carbocycles. The Kier molecular flexibility index (Phi) is 8.29. The molecule has 1 aliphatic rings. The molecule has 0 bridgehead atoms. The number of nitrogens with zero attached hydrogens (tertiary/aromatic N) is 6. The van der Waals surface area contributed by atoms with E-state index in [-0.39, 0.29) is 23.6 Å². The van der Waals surface area contributed by atoms with Crippen molar-refractivity contribution in [3.05, 3.63) is 89.5 Å². The lowest BCUT2D eigenvalue weighted by Crippen LogP contribution is -2.56. The van der Waals surface area contributed by atoms with Crippen LogP contribution in [0.5, 0.6) is 5.75 Å². The highest BCUT2D eigenvalue weighted by Crippen LogP contribution is 2.29. The molecule has 3 heterocycles. The summed E-state index contributed by atoms with van der Waals surface area (Å²) in [7, 11) is 1.62. The molecule has 5 aromatic rings. The Labute approximate surface area is 254 Å². The first-order chi connectivity index (χ1) is 20.9. The van der Waals surface area contributed by atoms with Gasteiger partial charge in [-0.25, -0.2) is 4.98 Å². The molecule has 1 saturated heterocycles. The molecule has 2 amide bonds. The molecule has 1 aliphatic heterocycles. The zero-order valence-corrected chi connectivity index (χ0v) is 25.4. The fraction of sp³-hybridized carbons (Fsp3) is 0.303. The van der Waals surface area contributed by atoms with Gasteiger partial charge in [-0.05, 0) is 49.2 Å². The summed E-state index contributed by atoms with van der Waals surface area (Å²) in [6, 6.07) is 24.1. The number of carbonyl (C=O) groups is 2. The summed E-state index contributed by atoms with van der Waals surface area (Å²) < 4.78 is 7.38. The van der Waals surface area contributed by atoms with E-state index in [2.05, 4.69) is 52.0 Å². The van der Waals surface area contributed by atoms with Crippen molar-refractivity contribution < 1.29 is 14.3 Å². The summed E-state index contributed by atoms with van der Waals surface area (Å²) >= 11 is 1.30. The predicted octanol–water partition coefficient (Wildman–Crippen LogP) is 4.74. The summed E-state index contributed by atoms with van der Waals surface area (Å²) in [6.45, 7) is 6.22. The first-order valence-corrected chi connectivity index (χ1v) is 15.4. The van der Waals surface area contributed by atoms with Gasteiger partial charge in [0.05, 0.1) is 24.8 Å². The van der Waals surface area contributed by atoms with Gasteiger partial charge in [0.25, 0.3) is 0 Å². The van der Waals surface area contributed by atoms with Crippen LogP contribution in [0.25, 0.3) is 22.1 Å². The smallest absolute Gasteiger partial charge is 0.233 e. The van der Waals surface area contributed by atoms with E-state index in [1.54, 1.807) is 7.11 Å². The van der Waals surface area contributed by atoms with Gasteiger partial charge in [-0.3, -0.25) is 9.59 Å². The Bertz CT molecular complexity index is 1770. The molecule has 43 heavy (non-hydrogen) atoms. The van der Waals surface area contributed by atoms with Crippen LogP contribution < -0.4 is 4.74 Å². The van der Waals surface area contributed by atoms with Crippen LogP contribution in [0.4, 0.5) is 0 Å². The Morgan fingerprint density at radius 3 is 2.49 bits per heavy atom. The van der Waals surface area contributed by atoms with E-state index in [1.807, 2.05) is 59.2 Å². The topological polar surface area (TPSA) is 93.5 Å². The van der Waals surface area contributed by atoms with Crippen molar-refractivity contribution >= 4 is 45.6 Å². The maximum absolute atomic E-state index is 13.2. The van der Waals surface area contributed by atoms with Crippen molar-refractivity contribution in [2.45, 2.75) is 38.0 Å². The number of hydrogen-bond acceptors (Lipinski definition) is 7. The molecule has 10 heteroatoms. The second kappa shape index (κ2) is 12.4. The number of methoxy groups -OCH3 is 1. The van der Waals surface area contributed by atoms with Crippen molar-refractivity contribution in [2.24, 2.45) is 0 Å². The number of fused-ring (bicyclic) bond motifs is 3. The highest BCUT2D eigenvalue weighted by Gasteiger charge is 2.30. The lowest BCUT2D eigenvalue weighted by molar-refractivity contribution is -0.140. The fourth-order valence-electron chi connectivity index (χ4n) is 5.63. The second-order valence-electron chi connectivity index (χ2n) is 10.9. The molecule has 1 atom stereocenters. The Balaban J connectivity index is 1.12. The van der Waals surface area contributed by atoms with Crippen molar-refractivity contribution in [2.75, 3.05) is 32.5 Å². The number of amides is 2. The van der Waals surface area contributed by atoms with E-state index in [4.69, 9.17) is 9.72 Å². The number of hydrogen-bond donors (Lipinski definition) is 0. The largest absolute Gasteiger partial charge is 0.497 e. The third-order valence-corrected chi connectivity index (χ3v) is 8.75. The van der Waals surface area contributed by atoms with E-state index < -0.39 is 0 Å². The SMILES string of the molecule is COc1ccc(CC(=O)N2CCN(C(=O)CSc3nnc4c5cc(C)ccc5n(Cc5ccccc5)c4n3)CC2C)cc1. The van der Waals surface area contributed by atoms with E-state index >= 15 is 0 Å². The fourth-order valence-corrected chi connectivity index (χ4v) is 6.32. The van der Waals surface area contributed by atoms with Gasteiger partial charge in [0.2, 0.25) is 17.0 Å². The van der Waals surface area contributed by atoms with E-state index in [9.17, 15) is 9.59 Å². The minimum absolute atomic E-state index is 0.00301. The van der Waals surface area contributed by atoms with Crippen LogP contribution >= 0.6 is 11.8 Å². The number of ether oxygens (including phenoxy) is 1. The third kappa shape index (κ3) is 6.19. The van der Waals surface area contributed by atoms with Crippen LogP contribution in [0, 0.1) is 6.92 Å². The number of carbonyl (C=O) groups excluding carboxylic acids is 2. The molecule has 1 unspecified atom stereocenters. The van der Waals surface area contributed by atoms with E-state index in [1.165, 1.54) is 17.3 Å². The summed E-state index contributed by atoms with van der Waals surface area (Å²) in [5, 5.41) is 10.4. The molecule has 0 saturated carbocycles. The summed E-state index contributed by atoms with van der Waals surface area (Å²) in [4.78, 5) is 34.8. The summed E-state index contributed by atoms with van der Waals surface area (Å²) in [5.41, 5.74) is 5.82. The number of benzene rings is 3. The van der Waals surface area contributed by atoms with Gasteiger partial charge in [-0.15, -0.1) is 10.2 Å². The maximum atomic E-state index is 13.2.